The molecule has 0 saturated heterocycles. The Kier molecular flexibility index (Phi) is 6.58. The predicted octanol–water partition coefficient (Wildman–Crippen LogP) is 3.33. The van der Waals surface area contributed by atoms with Crippen LogP contribution in [0.4, 0.5) is 0 Å². The molecule has 0 aliphatic heterocycles. The van der Waals surface area contributed by atoms with Gasteiger partial charge in [0.25, 0.3) is 5.91 Å². The van der Waals surface area contributed by atoms with Crippen LogP contribution in [0.5, 0.6) is 0 Å². The molecule has 0 spiro atoms. The Labute approximate surface area is 147 Å². The quantitative estimate of drug-likeness (QED) is 0.704. The minimum atomic E-state index is -0.927. The lowest BCUT2D eigenvalue weighted by atomic mass is 10.1. The number of aryl methyl sites for hydroxylation is 1. The highest BCUT2D eigenvalue weighted by Crippen LogP contribution is 2.26. The fourth-order valence-electron chi connectivity index (χ4n) is 2.71. The molecule has 1 heterocycles. The molecule has 0 radical (unpaired) electrons. The van der Waals surface area contributed by atoms with Crippen molar-refractivity contribution < 1.29 is 23.8 Å². The number of hydrogen-bond acceptors (Lipinski definition) is 4. The number of hydrogen-bond donors (Lipinski definition) is 1. The summed E-state index contributed by atoms with van der Waals surface area (Å²) in [6, 6.07) is 7.47. The summed E-state index contributed by atoms with van der Waals surface area (Å²) in [5.41, 5.74) is 1.43. The van der Waals surface area contributed by atoms with E-state index in [9.17, 15) is 14.7 Å². The topological polar surface area (TPSA) is 80.0 Å². The molecule has 0 saturated carbocycles. The third-order valence-corrected chi connectivity index (χ3v) is 4.16. The molecular weight excluding hydrogens is 322 g/mol. The van der Waals surface area contributed by atoms with E-state index < -0.39 is 11.9 Å². The third-order valence-electron chi connectivity index (χ3n) is 4.16. The van der Waals surface area contributed by atoms with E-state index in [0.29, 0.717) is 31.8 Å². The van der Waals surface area contributed by atoms with Crippen molar-refractivity contribution in [3.63, 3.8) is 0 Å². The smallest absolute Gasteiger partial charge is 0.308 e. The second kappa shape index (κ2) is 8.67. The van der Waals surface area contributed by atoms with Gasteiger partial charge in [-0.2, -0.15) is 0 Å². The van der Waals surface area contributed by atoms with Crippen LogP contribution in [-0.2, 0) is 9.53 Å². The van der Waals surface area contributed by atoms with Gasteiger partial charge >= 0.3 is 5.97 Å². The number of carboxylic acids is 1. The number of benzene rings is 1. The second-order valence-electron chi connectivity index (χ2n) is 6.09. The molecule has 6 heteroatoms. The number of aliphatic carboxylic acids is 1. The minimum Gasteiger partial charge on any atom is -0.481 e. The van der Waals surface area contributed by atoms with E-state index >= 15 is 0 Å². The van der Waals surface area contributed by atoms with Crippen LogP contribution in [0, 0.1) is 12.8 Å². The molecule has 1 aromatic heterocycles. The Morgan fingerprint density at radius 1 is 1.32 bits per heavy atom. The Morgan fingerprint density at radius 2 is 2.04 bits per heavy atom. The maximum atomic E-state index is 13.0. The maximum Gasteiger partial charge on any atom is 0.308 e. The van der Waals surface area contributed by atoms with E-state index in [1.54, 1.807) is 11.8 Å². The standard InChI is InChI=1S/C19H25NO5/c1-4-24-11-7-10-20(12-13(2)19(22)23)18(21)17-14(3)15-8-5-6-9-16(15)25-17/h5-6,8-9,13H,4,7,10-12H2,1-3H3,(H,22,23). The number of fused-ring (bicyclic) bond motifs is 1. The van der Waals surface area contributed by atoms with Crippen molar-refractivity contribution in [2.45, 2.75) is 27.2 Å². The van der Waals surface area contributed by atoms with Gasteiger partial charge in [-0.3, -0.25) is 9.59 Å². The number of nitrogens with zero attached hydrogens (tertiary/aromatic N) is 1. The van der Waals surface area contributed by atoms with E-state index in [-0.39, 0.29) is 18.2 Å². The highest BCUT2D eigenvalue weighted by Gasteiger charge is 2.26. The van der Waals surface area contributed by atoms with E-state index in [2.05, 4.69) is 0 Å². The highest BCUT2D eigenvalue weighted by molar-refractivity contribution is 5.99. The van der Waals surface area contributed by atoms with Gasteiger partial charge in [-0.05, 0) is 26.3 Å². The van der Waals surface area contributed by atoms with Crippen LogP contribution >= 0.6 is 0 Å². The van der Waals surface area contributed by atoms with E-state index in [1.807, 2.05) is 38.1 Å². The molecule has 0 fully saturated rings. The number of carbonyl (C=O) groups excluding carboxylic acids is 1. The minimum absolute atomic E-state index is 0.136. The largest absolute Gasteiger partial charge is 0.481 e. The molecule has 0 bridgehead atoms. The van der Waals surface area contributed by atoms with Gasteiger partial charge in [0.15, 0.2) is 5.76 Å². The number of amides is 1. The normalized spacial score (nSPS) is 12.3. The molecule has 1 N–H and O–H groups in total. The zero-order chi connectivity index (χ0) is 18.4. The molecule has 1 amide bonds. The van der Waals surface area contributed by atoms with Crippen molar-refractivity contribution in [3.8, 4) is 0 Å². The van der Waals surface area contributed by atoms with Crippen LogP contribution in [0.25, 0.3) is 11.0 Å². The number of ether oxygens (including phenoxy) is 1. The van der Waals surface area contributed by atoms with Crippen LogP contribution in [0.1, 0.15) is 36.4 Å². The zero-order valence-corrected chi connectivity index (χ0v) is 14.9. The molecule has 2 rings (SSSR count). The van der Waals surface area contributed by atoms with Gasteiger partial charge in [0.2, 0.25) is 0 Å². The average Bonchev–Trinajstić information content (AvgIpc) is 2.94. The fraction of sp³-hybridized carbons (Fsp3) is 0.474. The predicted molar refractivity (Wildman–Crippen MR) is 94.8 cm³/mol. The monoisotopic (exact) mass is 347 g/mol. The Hall–Kier alpha value is -2.34. The summed E-state index contributed by atoms with van der Waals surface area (Å²) < 4.78 is 11.1. The summed E-state index contributed by atoms with van der Waals surface area (Å²) >= 11 is 0. The van der Waals surface area contributed by atoms with Gasteiger partial charge < -0.3 is 19.2 Å². The molecule has 1 aromatic carbocycles. The number of carboxylic acid groups (broad SMARTS) is 1. The van der Waals surface area contributed by atoms with Crippen molar-refractivity contribution in [2.24, 2.45) is 5.92 Å². The van der Waals surface area contributed by atoms with Crippen LogP contribution < -0.4 is 0 Å². The molecule has 0 aliphatic rings. The first-order valence-electron chi connectivity index (χ1n) is 8.53. The van der Waals surface area contributed by atoms with Gasteiger partial charge in [-0.25, -0.2) is 0 Å². The summed E-state index contributed by atoms with van der Waals surface area (Å²) in [5.74, 6) is -1.59. The molecule has 6 nitrogen and oxygen atoms in total. The van der Waals surface area contributed by atoms with Crippen LogP contribution in [0.2, 0.25) is 0 Å². The second-order valence-corrected chi connectivity index (χ2v) is 6.09. The number of furan rings is 1. The Bertz CT molecular complexity index is 736. The fourth-order valence-corrected chi connectivity index (χ4v) is 2.71. The Balaban J connectivity index is 2.22. The molecule has 1 unspecified atom stereocenters. The number of rotatable bonds is 9. The van der Waals surface area contributed by atoms with Gasteiger partial charge in [0.05, 0.1) is 5.92 Å². The summed E-state index contributed by atoms with van der Waals surface area (Å²) in [7, 11) is 0. The van der Waals surface area contributed by atoms with E-state index in [4.69, 9.17) is 9.15 Å². The van der Waals surface area contributed by atoms with Crippen molar-refractivity contribution >= 4 is 22.8 Å². The Morgan fingerprint density at radius 3 is 2.68 bits per heavy atom. The van der Waals surface area contributed by atoms with Crippen molar-refractivity contribution in [1.82, 2.24) is 4.90 Å². The van der Waals surface area contributed by atoms with E-state index in [1.165, 1.54) is 0 Å². The molecule has 2 aromatic rings. The lowest BCUT2D eigenvalue weighted by molar-refractivity contribution is -0.141. The maximum absolute atomic E-state index is 13.0. The summed E-state index contributed by atoms with van der Waals surface area (Å²) in [5, 5.41) is 10.1. The zero-order valence-electron chi connectivity index (χ0n) is 14.9. The lowest BCUT2D eigenvalue weighted by Gasteiger charge is -2.24. The SMILES string of the molecule is CCOCCCN(CC(C)C(=O)O)C(=O)c1oc2ccccc2c1C. The first kappa shape index (κ1) is 19.0. The van der Waals surface area contributed by atoms with Crippen LogP contribution in [0.3, 0.4) is 0 Å². The van der Waals surface area contributed by atoms with Gasteiger partial charge in [0.1, 0.15) is 5.58 Å². The van der Waals surface area contributed by atoms with Crippen LogP contribution in [0.15, 0.2) is 28.7 Å². The molecule has 0 aliphatic carbocycles. The van der Waals surface area contributed by atoms with Gasteiger partial charge in [-0.1, -0.05) is 25.1 Å². The van der Waals surface area contributed by atoms with Crippen molar-refractivity contribution in [2.75, 3.05) is 26.3 Å². The van der Waals surface area contributed by atoms with Gasteiger partial charge in [-0.15, -0.1) is 0 Å². The van der Waals surface area contributed by atoms with Crippen molar-refractivity contribution in [1.29, 1.82) is 0 Å². The molecule has 136 valence electrons. The first-order chi connectivity index (χ1) is 12.0. The van der Waals surface area contributed by atoms with Crippen molar-refractivity contribution in [3.05, 3.63) is 35.6 Å². The number of para-hydroxylation sites is 1. The number of carbonyl (C=O) groups is 2. The molecule has 25 heavy (non-hydrogen) atoms. The van der Waals surface area contributed by atoms with Crippen LogP contribution in [-0.4, -0.2) is 48.2 Å². The average molecular weight is 347 g/mol. The van der Waals surface area contributed by atoms with E-state index in [0.717, 1.165) is 10.9 Å². The first-order valence-corrected chi connectivity index (χ1v) is 8.53. The summed E-state index contributed by atoms with van der Waals surface area (Å²) in [6.07, 6.45) is 0.644. The van der Waals surface area contributed by atoms with Gasteiger partial charge in [0, 0.05) is 37.3 Å². The molecular formula is C19H25NO5. The highest BCUT2D eigenvalue weighted by atomic mass is 16.5. The summed E-state index contributed by atoms with van der Waals surface area (Å²) in [6.45, 7) is 7.05. The summed E-state index contributed by atoms with van der Waals surface area (Å²) in [4.78, 5) is 25.7. The third kappa shape index (κ3) is 4.60. The molecule has 1 atom stereocenters. The lowest BCUT2D eigenvalue weighted by Crippen LogP contribution is -2.38.